The van der Waals surface area contributed by atoms with Crippen molar-refractivity contribution in [2.75, 3.05) is 0 Å². The topological polar surface area (TPSA) is 0 Å². The summed E-state index contributed by atoms with van der Waals surface area (Å²) in [6.45, 7) is 0. The number of rotatable bonds is 1. The molecule has 2 heterocycles. The first-order valence-corrected chi connectivity index (χ1v) is 16.0. The Morgan fingerprint density at radius 2 is 0.667 bits per heavy atom. The highest BCUT2D eigenvalue weighted by Crippen LogP contribution is 2.53. The van der Waals surface area contributed by atoms with Crippen molar-refractivity contribution in [3.63, 3.8) is 0 Å². The lowest BCUT2D eigenvalue weighted by Gasteiger charge is -2.18. The summed E-state index contributed by atoms with van der Waals surface area (Å²) in [5, 5.41) is 15.9. The third kappa shape index (κ3) is 3.01. The van der Waals surface area contributed by atoms with E-state index in [-0.39, 0.29) is 0 Å². The zero-order valence-electron chi connectivity index (χ0n) is 22.5. The molecular formula is C40H22S2. The zero-order valence-corrected chi connectivity index (χ0v) is 24.2. The van der Waals surface area contributed by atoms with E-state index in [1.165, 1.54) is 94.6 Å². The molecule has 0 nitrogen and oxygen atoms in total. The quantitative estimate of drug-likeness (QED) is 0.173. The minimum absolute atomic E-state index is 1.28. The molecule has 0 N–H and O–H groups in total. The number of fused-ring (bicyclic) bond motifs is 12. The summed E-state index contributed by atoms with van der Waals surface area (Å²) in [7, 11) is 0. The van der Waals surface area contributed by atoms with Gasteiger partial charge in [-0.25, -0.2) is 0 Å². The maximum Gasteiger partial charge on any atom is 0.0368 e. The maximum atomic E-state index is 2.43. The molecule has 0 saturated carbocycles. The van der Waals surface area contributed by atoms with Crippen LogP contribution in [0.2, 0.25) is 0 Å². The molecule has 0 amide bonds. The smallest absolute Gasteiger partial charge is 0.0368 e. The molecule has 0 aliphatic carbocycles. The molecule has 42 heavy (non-hydrogen) atoms. The number of benzene rings is 8. The van der Waals surface area contributed by atoms with Gasteiger partial charge in [-0.15, -0.1) is 22.7 Å². The SMILES string of the molecule is c1ccc2c(c1)ccc1cc3sc4ccccc4c3c(-c3c4c(ccc5ccccc54)cc4sc5ccccc5c34)c12. The lowest BCUT2D eigenvalue weighted by molar-refractivity contribution is 1.78. The average Bonchev–Trinajstić information content (AvgIpc) is 3.60. The van der Waals surface area contributed by atoms with Crippen LogP contribution in [-0.4, -0.2) is 0 Å². The Morgan fingerprint density at radius 3 is 1.14 bits per heavy atom. The second-order valence-corrected chi connectivity index (χ2v) is 13.4. The third-order valence-electron chi connectivity index (χ3n) is 8.99. The predicted octanol–water partition coefficient (Wildman–Crippen LogP) is 12.7. The van der Waals surface area contributed by atoms with Crippen LogP contribution in [0, 0.1) is 0 Å². The van der Waals surface area contributed by atoms with Crippen LogP contribution in [0.5, 0.6) is 0 Å². The fraction of sp³-hybridized carbons (Fsp3) is 0. The summed E-state index contributed by atoms with van der Waals surface area (Å²) in [5.74, 6) is 0. The lowest BCUT2D eigenvalue weighted by Crippen LogP contribution is -1.90. The van der Waals surface area contributed by atoms with Crippen molar-refractivity contribution < 1.29 is 0 Å². The second-order valence-electron chi connectivity index (χ2n) is 11.2. The Morgan fingerprint density at radius 1 is 0.286 bits per heavy atom. The minimum atomic E-state index is 1.28. The van der Waals surface area contributed by atoms with Gasteiger partial charge in [-0.05, 0) is 67.4 Å². The van der Waals surface area contributed by atoms with Gasteiger partial charge in [0.05, 0.1) is 0 Å². The molecule has 194 valence electrons. The van der Waals surface area contributed by atoms with E-state index in [1.807, 2.05) is 22.7 Å². The van der Waals surface area contributed by atoms with Crippen molar-refractivity contribution in [3.8, 4) is 11.1 Å². The van der Waals surface area contributed by atoms with Crippen LogP contribution in [0.1, 0.15) is 0 Å². The van der Waals surface area contributed by atoms with Crippen LogP contribution < -0.4 is 0 Å². The Bertz CT molecular complexity index is 2540. The molecular weight excluding hydrogens is 545 g/mol. The minimum Gasteiger partial charge on any atom is -0.135 e. The fourth-order valence-corrected chi connectivity index (χ4v) is 9.58. The van der Waals surface area contributed by atoms with Gasteiger partial charge in [0.2, 0.25) is 0 Å². The molecule has 0 atom stereocenters. The van der Waals surface area contributed by atoms with E-state index in [0.717, 1.165) is 0 Å². The van der Waals surface area contributed by atoms with Gasteiger partial charge in [-0.1, -0.05) is 109 Å². The van der Waals surface area contributed by atoms with Crippen molar-refractivity contribution in [2.24, 2.45) is 0 Å². The average molecular weight is 567 g/mol. The summed E-state index contributed by atoms with van der Waals surface area (Å²) in [6, 6.07) is 49.8. The van der Waals surface area contributed by atoms with Gasteiger partial charge < -0.3 is 0 Å². The molecule has 0 aliphatic heterocycles. The van der Waals surface area contributed by atoms with Gasteiger partial charge >= 0.3 is 0 Å². The van der Waals surface area contributed by atoms with Gasteiger partial charge in [-0.2, -0.15) is 0 Å². The second kappa shape index (κ2) is 8.39. The van der Waals surface area contributed by atoms with E-state index < -0.39 is 0 Å². The molecule has 10 rings (SSSR count). The molecule has 10 aromatic rings. The first-order chi connectivity index (χ1) is 20.8. The molecule has 0 spiro atoms. The van der Waals surface area contributed by atoms with Crippen LogP contribution in [0.4, 0.5) is 0 Å². The summed E-state index contributed by atoms with van der Waals surface area (Å²) in [6.07, 6.45) is 0. The van der Waals surface area contributed by atoms with Gasteiger partial charge in [0.15, 0.2) is 0 Å². The van der Waals surface area contributed by atoms with E-state index in [9.17, 15) is 0 Å². The molecule has 0 saturated heterocycles. The van der Waals surface area contributed by atoms with E-state index in [1.54, 1.807) is 0 Å². The summed E-state index contributed by atoms with van der Waals surface area (Å²) in [5.41, 5.74) is 2.74. The summed E-state index contributed by atoms with van der Waals surface area (Å²) < 4.78 is 5.37. The Labute approximate surface area is 249 Å². The van der Waals surface area contributed by atoms with Crippen molar-refractivity contribution in [2.45, 2.75) is 0 Å². The largest absolute Gasteiger partial charge is 0.135 e. The number of hydrogen-bond donors (Lipinski definition) is 0. The van der Waals surface area contributed by atoms with E-state index in [4.69, 9.17) is 0 Å². The molecule has 2 aromatic heterocycles. The van der Waals surface area contributed by atoms with Gasteiger partial charge in [0.25, 0.3) is 0 Å². The highest BCUT2D eigenvalue weighted by molar-refractivity contribution is 7.26. The molecule has 0 radical (unpaired) electrons. The van der Waals surface area contributed by atoms with Gasteiger partial charge in [0.1, 0.15) is 0 Å². The maximum absolute atomic E-state index is 2.43. The molecule has 8 aromatic carbocycles. The standard InChI is InChI=1S/C40H22S2/c1-3-11-27-23(9-1)17-19-25-21-33-37(29-13-5-7-15-31(29)41-33)39(35(25)27)40-36-26(20-18-24-10-2-4-12-28(24)36)22-34-38(40)30-14-6-8-16-32(30)42-34/h1-22H. The summed E-state index contributed by atoms with van der Waals surface area (Å²) in [4.78, 5) is 0. The van der Waals surface area contributed by atoms with Gasteiger partial charge in [-0.3, -0.25) is 0 Å². The zero-order chi connectivity index (χ0) is 27.4. The molecule has 2 heteroatoms. The normalized spacial score (nSPS) is 12.3. The van der Waals surface area contributed by atoms with Crippen LogP contribution in [-0.2, 0) is 0 Å². The highest BCUT2D eigenvalue weighted by Gasteiger charge is 2.23. The van der Waals surface area contributed by atoms with E-state index in [2.05, 4.69) is 133 Å². The van der Waals surface area contributed by atoms with Crippen molar-refractivity contribution in [1.82, 2.24) is 0 Å². The van der Waals surface area contributed by atoms with Crippen molar-refractivity contribution in [3.05, 3.63) is 133 Å². The first kappa shape index (κ1) is 22.9. The summed E-state index contributed by atoms with van der Waals surface area (Å²) >= 11 is 3.83. The van der Waals surface area contributed by atoms with E-state index in [0.29, 0.717) is 0 Å². The number of hydrogen-bond acceptors (Lipinski definition) is 2. The molecule has 0 fully saturated rings. The van der Waals surface area contributed by atoms with Crippen molar-refractivity contribution in [1.29, 1.82) is 0 Å². The molecule has 0 aliphatic rings. The predicted molar refractivity (Wildman–Crippen MR) is 188 cm³/mol. The van der Waals surface area contributed by atoms with Crippen LogP contribution in [0.25, 0.3) is 94.6 Å². The Hall–Kier alpha value is -4.76. The molecule has 0 bridgehead atoms. The van der Waals surface area contributed by atoms with Crippen LogP contribution >= 0.6 is 22.7 Å². The van der Waals surface area contributed by atoms with Crippen LogP contribution in [0.15, 0.2) is 133 Å². The monoisotopic (exact) mass is 566 g/mol. The van der Waals surface area contributed by atoms with Gasteiger partial charge in [0, 0.05) is 51.5 Å². The van der Waals surface area contributed by atoms with E-state index >= 15 is 0 Å². The fourth-order valence-electron chi connectivity index (χ4n) is 7.26. The highest BCUT2D eigenvalue weighted by atomic mass is 32.1. The molecule has 0 unspecified atom stereocenters. The third-order valence-corrected chi connectivity index (χ3v) is 11.2. The first-order valence-electron chi connectivity index (χ1n) is 14.4. The number of thiophene rings is 2. The lowest BCUT2D eigenvalue weighted by atomic mass is 9.84. The Kier molecular flexibility index (Phi) is 4.57. The van der Waals surface area contributed by atoms with Crippen LogP contribution in [0.3, 0.4) is 0 Å². The van der Waals surface area contributed by atoms with Crippen molar-refractivity contribution >= 4 is 106 Å². The Balaban J connectivity index is 1.61.